The molecular formula is C21H22FN3O2. The summed E-state index contributed by atoms with van der Waals surface area (Å²) in [6.07, 6.45) is 2.45. The molecule has 1 aromatic heterocycles. The summed E-state index contributed by atoms with van der Waals surface area (Å²) in [5.74, 6) is -0.291. The first kappa shape index (κ1) is 18.6. The molecule has 2 aromatic carbocycles. The molecule has 3 rings (SSSR count). The molecule has 0 fully saturated rings. The number of hydrogen-bond donors (Lipinski definition) is 1. The van der Waals surface area contributed by atoms with Gasteiger partial charge in [-0.3, -0.25) is 4.79 Å². The molecule has 27 heavy (non-hydrogen) atoms. The van der Waals surface area contributed by atoms with Crippen LogP contribution in [0.4, 0.5) is 10.1 Å². The van der Waals surface area contributed by atoms with Crippen LogP contribution in [0, 0.1) is 19.7 Å². The van der Waals surface area contributed by atoms with Crippen LogP contribution < -0.4 is 10.1 Å². The Kier molecular flexibility index (Phi) is 5.54. The van der Waals surface area contributed by atoms with Gasteiger partial charge in [0.25, 0.3) is 5.91 Å². The number of rotatable bonds is 6. The molecule has 6 heteroatoms. The van der Waals surface area contributed by atoms with E-state index in [-0.39, 0.29) is 17.4 Å². The SMILES string of the molecule is CCCOc1cn(-c2ccc(F)cc2)nc1C(=O)Nc1cc(C)ccc1C. The predicted octanol–water partition coefficient (Wildman–Crippen LogP) is 4.67. The Morgan fingerprint density at radius 2 is 1.93 bits per heavy atom. The van der Waals surface area contributed by atoms with E-state index in [1.807, 2.05) is 39.0 Å². The van der Waals surface area contributed by atoms with Gasteiger partial charge in [-0.1, -0.05) is 19.1 Å². The number of carbonyl (C=O) groups is 1. The molecule has 0 spiro atoms. The van der Waals surface area contributed by atoms with Crippen molar-refractivity contribution in [3.8, 4) is 11.4 Å². The second kappa shape index (κ2) is 8.03. The van der Waals surface area contributed by atoms with Crippen LogP contribution in [-0.4, -0.2) is 22.3 Å². The van der Waals surface area contributed by atoms with E-state index in [9.17, 15) is 9.18 Å². The van der Waals surface area contributed by atoms with Gasteiger partial charge in [0.15, 0.2) is 11.4 Å². The van der Waals surface area contributed by atoms with Crippen LogP contribution in [-0.2, 0) is 0 Å². The molecule has 3 aromatic rings. The fraction of sp³-hybridized carbons (Fsp3) is 0.238. The van der Waals surface area contributed by atoms with Crippen LogP contribution in [0.25, 0.3) is 5.69 Å². The van der Waals surface area contributed by atoms with Crippen molar-refractivity contribution in [1.29, 1.82) is 0 Å². The van der Waals surface area contributed by atoms with E-state index in [1.165, 1.54) is 16.8 Å². The molecule has 0 aliphatic carbocycles. The summed E-state index contributed by atoms with van der Waals surface area (Å²) in [7, 11) is 0. The lowest BCUT2D eigenvalue weighted by atomic mass is 10.1. The third-order valence-electron chi connectivity index (χ3n) is 4.09. The van der Waals surface area contributed by atoms with Crippen LogP contribution >= 0.6 is 0 Å². The lowest BCUT2D eigenvalue weighted by Crippen LogP contribution is -2.15. The molecular weight excluding hydrogens is 345 g/mol. The van der Waals surface area contributed by atoms with Crippen molar-refractivity contribution in [3.63, 3.8) is 0 Å². The molecule has 0 radical (unpaired) electrons. The summed E-state index contributed by atoms with van der Waals surface area (Å²) in [5.41, 5.74) is 3.58. The van der Waals surface area contributed by atoms with E-state index in [0.717, 1.165) is 23.2 Å². The molecule has 0 bridgehead atoms. The number of nitrogens with zero attached hydrogens (tertiary/aromatic N) is 2. The average Bonchev–Trinajstić information content (AvgIpc) is 3.08. The summed E-state index contributed by atoms with van der Waals surface area (Å²) in [6.45, 7) is 6.36. The second-order valence-corrected chi connectivity index (χ2v) is 6.38. The molecule has 1 heterocycles. The second-order valence-electron chi connectivity index (χ2n) is 6.38. The number of hydrogen-bond acceptors (Lipinski definition) is 3. The van der Waals surface area contributed by atoms with Crippen molar-refractivity contribution >= 4 is 11.6 Å². The average molecular weight is 367 g/mol. The number of benzene rings is 2. The minimum atomic E-state index is -0.351. The molecule has 1 N–H and O–H groups in total. The van der Waals surface area contributed by atoms with Gasteiger partial charge in [0.2, 0.25) is 0 Å². The maximum absolute atomic E-state index is 13.2. The maximum Gasteiger partial charge on any atom is 0.280 e. The van der Waals surface area contributed by atoms with Crippen molar-refractivity contribution in [2.45, 2.75) is 27.2 Å². The zero-order chi connectivity index (χ0) is 19.4. The van der Waals surface area contributed by atoms with Gasteiger partial charge in [-0.2, -0.15) is 5.10 Å². The van der Waals surface area contributed by atoms with Gasteiger partial charge in [-0.15, -0.1) is 0 Å². The minimum Gasteiger partial charge on any atom is -0.489 e. The molecule has 140 valence electrons. The molecule has 0 saturated heterocycles. The third-order valence-corrected chi connectivity index (χ3v) is 4.09. The van der Waals surface area contributed by atoms with Crippen molar-refractivity contribution in [2.24, 2.45) is 0 Å². The highest BCUT2D eigenvalue weighted by atomic mass is 19.1. The number of anilines is 1. The first-order valence-corrected chi connectivity index (χ1v) is 8.85. The van der Waals surface area contributed by atoms with Crippen molar-refractivity contribution in [2.75, 3.05) is 11.9 Å². The smallest absolute Gasteiger partial charge is 0.280 e. The van der Waals surface area contributed by atoms with Crippen LogP contribution in [0.5, 0.6) is 5.75 Å². The van der Waals surface area contributed by atoms with Gasteiger partial charge < -0.3 is 10.1 Å². The summed E-state index contributed by atoms with van der Waals surface area (Å²) in [6, 6.07) is 11.7. The van der Waals surface area contributed by atoms with E-state index in [1.54, 1.807) is 18.3 Å². The van der Waals surface area contributed by atoms with Crippen LogP contribution in [0.2, 0.25) is 0 Å². The Balaban J connectivity index is 1.93. The highest BCUT2D eigenvalue weighted by molar-refractivity contribution is 6.05. The number of aryl methyl sites for hydroxylation is 2. The fourth-order valence-corrected chi connectivity index (χ4v) is 2.61. The molecule has 5 nitrogen and oxygen atoms in total. The summed E-state index contributed by atoms with van der Waals surface area (Å²) in [5, 5.41) is 7.27. The highest BCUT2D eigenvalue weighted by Gasteiger charge is 2.20. The Bertz CT molecular complexity index is 949. The first-order valence-electron chi connectivity index (χ1n) is 8.85. The number of halogens is 1. The van der Waals surface area contributed by atoms with E-state index in [0.29, 0.717) is 18.0 Å². The van der Waals surface area contributed by atoms with Crippen LogP contribution in [0.15, 0.2) is 48.7 Å². The summed E-state index contributed by atoms with van der Waals surface area (Å²) in [4.78, 5) is 12.8. The topological polar surface area (TPSA) is 56.2 Å². The molecule has 1 amide bonds. The van der Waals surface area contributed by atoms with Crippen molar-refractivity contribution in [3.05, 3.63) is 71.3 Å². The number of ether oxygens (including phenoxy) is 1. The predicted molar refractivity (Wildman–Crippen MR) is 103 cm³/mol. The van der Waals surface area contributed by atoms with E-state index in [4.69, 9.17) is 4.74 Å². The zero-order valence-corrected chi connectivity index (χ0v) is 15.6. The Morgan fingerprint density at radius 1 is 1.19 bits per heavy atom. The monoisotopic (exact) mass is 367 g/mol. The van der Waals surface area contributed by atoms with Gasteiger partial charge >= 0.3 is 0 Å². The maximum atomic E-state index is 13.2. The van der Waals surface area contributed by atoms with E-state index >= 15 is 0 Å². The summed E-state index contributed by atoms with van der Waals surface area (Å²) < 4.78 is 20.4. The van der Waals surface area contributed by atoms with Gasteiger partial charge in [-0.05, 0) is 61.7 Å². The lowest BCUT2D eigenvalue weighted by molar-refractivity contribution is 0.101. The van der Waals surface area contributed by atoms with Gasteiger partial charge in [0.1, 0.15) is 5.82 Å². The normalized spacial score (nSPS) is 10.7. The van der Waals surface area contributed by atoms with Gasteiger partial charge in [-0.25, -0.2) is 9.07 Å². The quantitative estimate of drug-likeness (QED) is 0.689. The first-order chi connectivity index (χ1) is 13.0. The Morgan fingerprint density at radius 3 is 2.63 bits per heavy atom. The van der Waals surface area contributed by atoms with E-state index < -0.39 is 0 Å². The Labute approximate surface area is 157 Å². The molecule has 0 aliphatic rings. The van der Waals surface area contributed by atoms with E-state index in [2.05, 4.69) is 10.4 Å². The zero-order valence-electron chi connectivity index (χ0n) is 15.6. The fourth-order valence-electron chi connectivity index (χ4n) is 2.61. The summed E-state index contributed by atoms with van der Waals surface area (Å²) >= 11 is 0. The van der Waals surface area contributed by atoms with Crippen molar-refractivity contribution in [1.82, 2.24) is 9.78 Å². The third kappa shape index (κ3) is 4.34. The van der Waals surface area contributed by atoms with Gasteiger partial charge in [0.05, 0.1) is 18.5 Å². The molecule has 0 aliphatic heterocycles. The number of nitrogens with one attached hydrogen (secondary N) is 1. The minimum absolute atomic E-state index is 0.189. The molecule has 0 saturated carbocycles. The lowest BCUT2D eigenvalue weighted by Gasteiger charge is -2.09. The number of amides is 1. The van der Waals surface area contributed by atoms with Crippen molar-refractivity contribution < 1.29 is 13.9 Å². The Hall–Kier alpha value is -3.15. The van der Waals surface area contributed by atoms with Gasteiger partial charge in [0, 0.05) is 5.69 Å². The van der Waals surface area contributed by atoms with Crippen LogP contribution in [0.1, 0.15) is 35.0 Å². The van der Waals surface area contributed by atoms with Crippen LogP contribution in [0.3, 0.4) is 0 Å². The molecule has 0 unspecified atom stereocenters. The number of carbonyl (C=O) groups excluding carboxylic acids is 1. The number of aromatic nitrogens is 2. The molecule has 0 atom stereocenters. The standard InChI is InChI=1S/C21H22FN3O2/c1-4-11-27-19-13-25(17-9-7-16(22)8-10-17)24-20(19)21(26)23-18-12-14(2)5-6-15(18)3/h5-10,12-13H,4,11H2,1-3H3,(H,23,26). The largest absolute Gasteiger partial charge is 0.489 e. The highest BCUT2D eigenvalue weighted by Crippen LogP contribution is 2.23.